The van der Waals surface area contributed by atoms with E-state index in [2.05, 4.69) is 0 Å². The molecule has 0 aliphatic rings. The Kier molecular flexibility index (Phi) is 4.79. The van der Waals surface area contributed by atoms with Gasteiger partial charge < -0.3 is 0 Å². The molecule has 0 unspecified atom stereocenters. The van der Waals surface area contributed by atoms with Crippen molar-refractivity contribution in [3.8, 4) is 0 Å². The zero-order valence-electron chi connectivity index (χ0n) is 12.6. The van der Waals surface area contributed by atoms with Crippen LogP contribution in [0, 0.1) is 25.5 Å². The minimum absolute atomic E-state index is 0.0103. The lowest BCUT2D eigenvalue weighted by molar-refractivity contribution is -0.118. The van der Waals surface area contributed by atoms with E-state index in [4.69, 9.17) is 0 Å². The van der Waals surface area contributed by atoms with Crippen molar-refractivity contribution in [1.29, 1.82) is 0 Å². The van der Waals surface area contributed by atoms with E-state index in [0.717, 1.165) is 17.7 Å². The zero-order valence-corrected chi connectivity index (χ0v) is 13.4. The number of amides is 1. The van der Waals surface area contributed by atoms with Gasteiger partial charge in [0, 0.05) is 0 Å². The van der Waals surface area contributed by atoms with Gasteiger partial charge >= 0.3 is 0 Å². The van der Waals surface area contributed by atoms with Gasteiger partial charge in [0.1, 0.15) is 0 Å². The first-order valence-electron chi connectivity index (χ1n) is 6.76. The quantitative estimate of drug-likeness (QED) is 0.931. The number of carbonyl (C=O) groups excluding carboxylic acids is 1. The van der Waals surface area contributed by atoms with Gasteiger partial charge in [0.2, 0.25) is 5.91 Å². The fraction of sp³-hybridized carbons (Fsp3) is 0.188. The van der Waals surface area contributed by atoms with Crippen LogP contribution < -0.4 is 4.72 Å². The molecule has 0 fully saturated rings. The van der Waals surface area contributed by atoms with E-state index in [0.29, 0.717) is 5.56 Å². The van der Waals surface area contributed by atoms with Crippen LogP contribution in [0.25, 0.3) is 0 Å². The number of hydrogen-bond donors (Lipinski definition) is 1. The first-order valence-corrected chi connectivity index (χ1v) is 8.24. The predicted molar refractivity (Wildman–Crippen MR) is 81.3 cm³/mol. The highest BCUT2D eigenvalue weighted by atomic mass is 32.2. The Hall–Kier alpha value is -2.28. The molecule has 0 radical (unpaired) electrons. The van der Waals surface area contributed by atoms with E-state index in [1.54, 1.807) is 26.0 Å². The third kappa shape index (κ3) is 4.13. The number of nitrogens with one attached hydrogen (secondary N) is 1. The molecule has 23 heavy (non-hydrogen) atoms. The zero-order chi connectivity index (χ0) is 17.2. The summed E-state index contributed by atoms with van der Waals surface area (Å²) < 4.78 is 52.4. The molecule has 0 bridgehead atoms. The van der Waals surface area contributed by atoms with E-state index >= 15 is 0 Å². The summed E-state index contributed by atoms with van der Waals surface area (Å²) in [5.74, 6) is -2.94. The molecule has 2 aromatic carbocycles. The monoisotopic (exact) mass is 339 g/mol. The molecule has 1 N–H and O–H groups in total. The number of halogens is 2. The van der Waals surface area contributed by atoms with Gasteiger partial charge in [-0.15, -0.1) is 0 Å². The van der Waals surface area contributed by atoms with Crippen molar-refractivity contribution < 1.29 is 22.0 Å². The van der Waals surface area contributed by atoms with Crippen molar-refractivity contribution in [3.05, 3.63) is 64.7 Å². The highest BCUT2D eigenvalue weighted by Crippen LogP contribution is 2.17. The largest absolute Gasteiger partial charge is 0.274 e. The van der Waals surface area contributed by atoms with Gasteiger partial charge in [-0.25, -0.2) is 21.9 Å². The lowest BCUT2D eigenvalue weighted by Gasteiger charge is -2.10. The third-order valence-corrected chi connectivity index (χ3v) is 4.75. The van der Waals surface area contributed by atoms with Crippen molar-refractivity contribution in [1.82, 2.24) is 4.72 Å². The molecule has 0 spiro atoms. The number of aryl methyl sites for hydroxylation is 2. The number of rotatable bonds is 4. The Morgan fingerprint density at radius 3 is 2.39 bits per heavy atom. The van der Waals surface area contributed by atoms with Gasteiger partial charge in [-0.1, -0.05) is 18.2 Å². The predicted octanol–water partition coefficient (Wildman–Crippen LogP) is 2.63. The number of sulfonamides is 1. The van der Waals surface area contributed by atoms with Crippen LogP contribution in [0.15, 0.2) is 41.3 Å². The summed E-state index contributed by atoms with van der Waals surface area (Å²) in [7, 11) is -4.02. The maximum absolute atomic E-state index is 13.1. The van der Waals surface area contributed by atoms with Crippen molar-refractivity contribution in [2.75, 3.05) is 0 Å². The van der Waals surface area contributed by atoms with E-state index in [9.17, 15) is 22.0 Å². The van der Waals surface area contributed by atoms with Crippen LogP contribution in [0.2, 0.25) is 0 Å². The van der Waals surface area contributed by atoms with Gasteiger partial charge in [0.15, 0.2) is 11.6 Å². The van der Waals surface area contributed by atoms with Gasteiger partial charge in [0.25, 0.3) is 10.0 Å². The molecule has 1 amide bonds. The molecule has 0 saturated carbocycles. The van der Waals surface area contributed by atoms with Crippen LogP contribution in [0.3, 0.4) is 0 Å². The Labute approximate surface area is 133 Å². The van der Waals surface area contributed by atoms with E-state index < -0.39 is 27.6 Å². The number of carbonyl (C=O) groups is 1. The van der Waals surface area contributed by atoms with Gasteiger partial charge in [0.05, 0.1) is 11.3 Å². The van der Waals surface area contributed by atoms with Crippen LogP contribution in [0.1, 0.15) is 16.7 Å². The average molecular weight is 339 g/mol. The smallest absolute Gasteiger partial charge is 0.264 e. The molecular formula is C16H15F2NO3S. The van der Waals surface area contributed by atoms with Gasteiger partial charge in [-0.05, 0) is 48.7 Å². The highest BCUT2D eigenvalue weighted by molar-refractivity contribution is 7.90. The van der Waals surface area contributed by atoms with Crippen LogP contribution in [0.4, 0.5) is 8.78 Å². The molecule has 0 aromatic heterocycles. The van der Waals surface area contributed by atoms with E-state index in [1.807, 2.05) is 4.72 Å². The first kappa shape index (κ1) is 17.1. The van der Waals surface area contributed by atoms with Crippen LogP contribution in [0.5, 0.6) is 0 Å². The molecule has 2 rings (SSSR count). The summed E-state index contributed by atoms with van der Waals surface area (Å²) in [6.07, 6.45) is -0.374. The van der Waals surface area contributed by atoms with Crippen LogP contribution in [-0.2, 0) is 21.2 Å². The maximum Gasteiger partial charge on any atom is 0.264 e. The van der Waals surface area contributed by atoms with E-state index in [1.165, 1.54) is 12.1 Å². The Morgan fingerprint density at radius 2 is 1.74 bits per heavy atom. The maximum atomic E-state index is 13.1. The second-order valence-electron chi connectivity index (χ2n) is 5.22. The Balaban J connectivity index is 2.18. The van der Waals surface area contributed by atoms with Crippen molar-refractivity contribution in [3.63, 3.8) is 0 Å². The molecule has 0 aliphatic heterocycles. The lowest BCUT2D eigenvalue weighted by atomic mass is 10.1. The van der Waals surface area contributed by atoms with Crippen LogP contribution >= 0.6 is 0 Å². The van der Waals surface area contributed by atoms with Crippen molar-refractivity contribution in [2.45, 2.75) is 25.2 Å². The first-order chi connectivity index (χ1) is 10.7. The molecule has 2 aromatic rings. The molecule has 0 atom stereocenters. The van der Waals surface area contributed by atoms with Crippen LogP contribution in [-0.4, -0.2) is 14.3 Å². The lowest BCUT2D eigenvalue weighted by Crippen LogP contribution is -2.32. The number of benzene rings is 2. The third-order valence-electron chi connectivity index (χ3n) is 3.23. The standard InChI is InChI=1S/C16H15F2NO3S/c1-10-3-4-11(2)15(7-10)23(21,22)19-16(20)9-12-5-6-13(17)14(18)8-12/h3-8H,9H2,1-2H3,(H,19,20). The summed E-state index contributed by atoms with van der Waals surface area (Å²) in [6, 6.07) is 7.84. The number of hydrogen-bond acceptors (Lipinski definition) is 3. The summed E-state index contributed by atoms with van der Waals surface area (Å²) >= 11 is 0. The fourth-order valence-electron chi connectivity index (χ4n) is 2.07. The Morgan fingerprint density at radius 1 is 1.04 bits per heavy atom. The average Bonchev–Trinajstić information content (AvgIpc) is 2.44. The highest BCUT2D eigenvalue weighted by Gasteiger charge is 2.20. The van der Waals surface area contributed by atoms with Gasteiger partial charge in [-0.2, -0.15) is 0 Å². The molecule has 0 saturated heterocycles. The topological polar surface area (TPSA) is 63.2 Å². The summed E-state index contributed by atoms with van der Waals surface area (Å²) in [6.45, 7) is 3.36. The molecule has 0 aliphatic carbocycles. The second kappa shape index (κ2) is 6.45. The minimum atomic E-state index is -4.02. The second-order valence-corrected chi connectivity index (χ2v) is 6.87. The summed E-state index contributed by atoms with van der Waals surface area (Å²) in [4.78, 5) is 11.9. The molecule has 122 valence electrons. The fourth-order valence-corrected chi connectivity index (χ4v) is 3.39. The molecular weight excluding hydrogens is 324 g/mol. The minimum Gasteiger partial charge on any atom is -0.274 e. The summed E-state index contributed by atoms with van der Waals surface area (Å²) in [5.41, 5.74) is 1.42. The normalized spacial score (nSPS) is 11.3. The van der Waals surface area contributed by atoms with Crippen molar-refractivity contribution in [2.24, 2.45) is 0 Å². The molecule has 7 heteroatoms. The van der Waals surface area contributed by atoms with Gasteiger partial charge in [-0.3, -0.25) is 4.79 Å². The summed E-state index contributed by atoms with van der Waals surface area (Å²) in [5, 5.41) is 0. The van der Waals surface area contributed by atoms with E-state index in [-0.39, 0.29) is 16.9 Å². The molecule has 0 heterocycles. The SMILES string of the molecule is Cc1ccc(C)c(S(=O)(=O)NC(=O)Cc2ccc(F)c(F)c2)c1. The Bertz CT molecular complexity index is 864. The van der Waals surface area contributed by atoms with Crippen molar-refractivity contribution >= 4 is 15.9 Å². The molecule has 4 nitrogen and oxygen atoms in total.